The number of amides is 1. The van der Waals surface area contributed by atoms with Gasteiger partial charge < -0.3 is 15.1 Å². The Balaban J connectivity index is 2.00. The molecule has 1 saturated heterocycles. The van der Waals surface area contributed by atoms with Gasteiger partial charge in [0.2, 0.25) is 5.91 Å². The molecule has 0 aromatic heterocycles. The summed E-state index contributed by atoms with van der Waals surface area (Å²) in [5.74, 6) is 0.298. The molecule has 1 unspecified atom stereocenters. The van der Waals surface area contributed by atoms with E-state index < -0.39 is 0 Å². The first-order valence-corrected chi connectivity index (χ1v) is 6.72. The molecule has 1 aliphatic carbocycles. The highest BCUT2D eigenvalue weighted by atomic mass is 16.2. The molecule has 17 heavy (non-hydrogen) atoms. The third kappa shape index (κ3) is 2.33. The van der Waals surface area contributed by atoms with E-state index in [0.29, 0.717) is 5.91 Å². The largest absolute Gasteiger partial charge is 0.339 e. The van der Waals surface area contributed by atoms with Crippen molar-refractivity contribution in [1.82, 2.24) is 15.1 Å². The molecule has 0 radical (unpaired) electrons. The zero-order valence-electron chi connectivity index (χ0n) is 11.3. The van der Waals surface area contributed by atoms with Gasteiger partial charge in [0.1, 0.15) is 0 Å². The van der Waals surface area contributed by atoms with E-state index in [1.807, 2.05) is 7.05 Å². The number of nitrogens with one attached hydrogen (secondary N) is 1. The number of carbonyl (C=O) groups excluding carboxylic acids is 1. The highest BCUT2D eigenvalue weighted by Gasteiger charge is 2.42. The van der Waals surface area contributed by atoms with Crippen LogP contribution >= 0.6 is 0 Å². The molecule has 4 nitrogen and oxygen atoms in total. The SMILES string of the molecule is CNC1CCCN(CC2(N(C)C)CCC2)C1=O. The van der Waals surface area contributed by atoms with E-state index in [1.165, 1.54) is 19.3 Å². The summed E-state index contributed by atoms with van der Waals surface area (Å²) in [5.41, 5.74) is 0.255. The number of likely N-dealkylation sites (N-methyl/N-ethyl adjacent to an activating group) is 2. The van der Waals surface area contributed by atoms with E-state index in [1.54, 1.807) is 0 Å². The second-order valence-corrected chi connectivity index (χ2v) is 5.72. The Kier molecular flexibility index (Phi) is 3.73. The van der Waals surface area contributed by atoms with E-state index in [4.69, 9.17) is 0 Å². The van der Waals surface area contributed by atoms with E-state index in [2.05, 4.69) is 29.2 Å². The second kappa shape index (κ2) is 4.94. The smallest absolute Gasteiger partial charge is 0.239 e. The van der Waals surface area contributed by atoms with Crippen LogP contribution in [0.4, 0.5) is 0 Å². The molecule has 1 aliphatic heterocycles. The summed E-state index contributed by atoms with van der Waals surface area (Å²) in [6, 6.07) is 0.0445. The molecule has 2 aliphatic rings. The van der Waals surface area contributed by atoms with Gasteiger partial charge in [-0.1, -0.05) is 0 Å². The molecule has 2 rings (SSSR count). The predicted octanol–water partition coefficient (Wildman–Crippen LogP) is 0.681. The molecule has 4 heteroatoms. The van der Waals surface area contributed by atoms with E-state index in [0.717, 1.165) is 25.9 Å². The first-order chi connectivity index (χ1) is 8.09. The number of hydrogen-bond donors (Lipinski definition) is 1. The monoisotopic (exact) mass is 239 g/mol. The van der Waals surface area contributed by atoms with Crippen LogP contribution in [0.1, 0.15) is 32.1 Å². The fourth-order valence-corrected chi connectivity index (χ4v) is 3.05. The zero-order valence-corrected chi connectivity index (χ0v) is 11.3. The minimum atomic E-state index is 0.0445. The highest BCUT2D eigenvalue weighted by molar-refractivity contribution is 5.82. The lowest BCUT2D eigenvalue weighted by Crippen LogP contribution is -2.61. The van der Waals surface area contributed by atoms with Gasteiger partial charge in [-0.25, -0.2) is 0 Å². The van der Waals surface area contributed by atoms with Gasteiger partial charge in [-0.05, 0) is 53.2 Å². The average molecular weight is 239 g/mol. The van der Waals surface area contributed by atoms with Crippen molar-refractivity contribution in [2.24, 2.45) is 0 Å². The summed E-state index contributed by atoms with van der Waals surface area (Å²) in [7, 11) is 6.17. The zero-order chi connectivity index (χ0) is 12.5. The first kappa shape index (κ1) is 12.8. The van der Waals surface area contributed by atoms with Gasteiger partial charge in [0, 0.05) is 18.6 Å². The maximum Gasteiger partial charge on any atom is 0.239 e. The van der Waals surface area contributed by atoms with Crippen LogP contribution in [-0.4, -0.2) is 61.5 Å². The quantitative estimate of drug-likeness (QED) is 0.784. The van der Waals surface area contributed by atoms with Crippen LogP contribution in [0.15, 0.2) is 0 Å². The van der Waals surface area contributed by atoms with E-state index in [-0.39, 0.29) is 11.6 Å². The normalized spacial score (nSPS) is 28.4. The van der Waals surface area contributed by atoms with Gasteiger partial charge in [0.05, 0.1) is 6.04 Å². The highest BCUT2D eigenvalue weighted by Crippen LogP contribution is 2.37. The van der Waals surface area contributed by atoms with Crippen molar-refractivity contribution in [3.05, 3.63) is 0 Å². The number of rotatable bonds is 4. The van der Waals surface area contributed by atoms with Crippen molar-refractivity contribution >= 4 is 5.91 Å². The van der Waals surface area contributed by atoms with Gasteiger partial charge in [0.25, 0.3) is 0 Å². The Labute approximate surface area is 104 Å². The Bertz CT molecular complexity index is 286. The molecule has 1 amide bonds. The molecule has 1 saturated carbocycles. The first-order valence-electron chi connectivity index (χ1n) is 6.72. The fourth-order valence-electron chi connectivity index (χ4n) is 3.05. The lowest BCUT2D eigenvalue weighted by Gasteiger charge is -2.50. The van der Waals surface area contributed by atoms with Crippen molar-refractivity contribution in [2.45, 2.75) is 43.7 Å². The Morgan fingerprint density at radius 3 is 2.59 bits per heavy atom. The second-order valence-electron chi connectivity index (χ2n) is 5.72. The molecule has 1 heterocycles. The Morgan fingerprint density at radius 1 is 1.41 bits per heavy atom. The molecule has 2 fully saturated rings. The minimum Gasteiger partial charge on any atom is -0.339 e. The summed E-state index contributed by atoms with van der Waals surface area (Å²) in [5, 5.41) is 3.13. The van der Waals surface area contributed by atoms with Crippen LogP contribution in [0.25, 0.3) is 0 Å². The van der Waals surface area contributed by atoms with Crippen molar-refractivity contribution in [1.29, 1.82) is 0 Å². The maximum absolute atomic E-state index is 12.2. The number of piperidine rings is 1. The van der Waals surface area contributed by atoms with Gasteiger partial charge in [-0.2, -0.15) is 0 Å². The molecule has 0 aromatic rings. The molecular formula is C13H25N3O. The number of hydrogen-bond acceptors (Lipinski definition) is 3. The van der Waals surface area contributed by atoms with Gasteiger partial charge in [-0.3, -0.25) is 4.79 Å². The molecular weight excluding hydrogens is 214 g/mol. The molecule has 1 atom stereocenters. The number of nitrogens with zero attached hydrogens (tertiary/aromatic N) is 2. The molecule has 98 valence electrons. The summed E-state index contributed by atoms with van der Waals surface area (Å²) >= 11 is 0. The molecule has 0 aromatic carbocycles. The van der Waals surface area contributed by atoms with Crippen LogP contribution < -0.4 is 5.32 Å². The van der Waals surface area contributed by atoms with Crippen LogP contribution in [-0.2, 0) is 4.79 Å². The average Bonchev–Trinajstić information content (AvgIpc) is 2.25. The summed E-state index contributed by atoms with van der Waals surface area (Å²) in [4.78, 5) is 16.6. The standard InChI is InChI=1S/C13H25N3O/c1-14-11-6-4-9-16(12(11)17)10-13(15(2)3)7-5-8-13/h11,14H,4-10H2,1-3H3. The number of carbonyl (C=O) groups is 1. The lowest BCUT2D eigenvalue weighted by molar-refractivity contribution is -0.139. The topological polar surface area (TPSA) is 35.6 Å². The molecule has 0 spiro atoms. The Hall–Kier alpha value is -0.610. The lowest BCUT2D eigenvalue weighted by atomic mass is 9.75. The predicted molar refractivity (Wildman–Crippen MR) is 68.9 cm³/mol. The third-order valence-corrected chi connectivity index (χ3v) is 4.60. The van der Waals surface area contributed by atoms with Crippen LogP contribution in [0.5, 0.6) is 0 Å². The van der Waals surface area contributed by atoms with Gasteiger partial charge in [-0.15, -0.1) is 0 Å². The van der Waals surface area contributed by atoms with Gasteiger partial charge in [0.15, 0.2) is 0 Å². The van der Waals surface area contributed by atoms with E-state index in [9.17, 15) is 4.79 Å². The summed E-state index contributed by atoms with van der Waals surface area (Å²) < 4.78 is 0. The van der Waals surface area contributed by atoms with Crippen molar-refractivity contribution in [3.8, 4) is 0 Å². The minimum absolute atomic E-state index is 0.0445. The van der Waals surface area contributed by atoms with Crippen LogP contribution in [0.2, 0.25) is 0 Å². The molecule has 0 bridgehead atoms. The third-order valence-electron chi connectivity index (χ3n) is 4.60. The Morgan fingerprint density at radius 2 is 2.12 bits per heavy atom. The number of likely N-dealkylation sites (tertiary alicyclic amines) is 1. The van der Waals surface area contributed by atoms with E-state index >= 15 is 0 Å². The van der Waals surface area contributed by atoms with Crippen LogP contribution in [0, 0.1) is 0 Å². The van der Waals surface area contributed by atoms with Crippen molar-refractivity contribution in [3.63, 3.8) is 0 Å². The summed E-state index contributed by atoms with van der Waals surface area (Å²) in [6.07, 6.45) is 5.87. The van der Waals surface area contributed by atoms with Gasteiger partial charge >= 0.3 is 0 Å². The summed E-state index contributed by atoms with van der Waals surface area (Å²) in [6.45, 7) is 1.85. The van der Waals surface area contributed by atoms with Crippen LogP contribution in [0.3, 0.4) is 0 Å². The van der Waals surface area contributed by atoms with Crippen molar-refractivity contribution < 1.29 is 4.79 Å². The molecule has 1 N–H and O–H groups in total. The van der Waals surface area contributed by atoms with Crippen molar-refractivity contribution in [2.75, 3.05) is 34.2 Å². The fraction of sp³-hybridized carbons (Fsp3) is 0.923. The maximum atomic E-state index is 12.2.